The zero-order valence-corrected chi connectivity index (χ0v) is 12.1. The summed E-state index contributed by atoms with van der Waals surface area (Å²) in [5.74, 6) is -0.986. The number of amides is 1. The van der Waals surface area contributed by atoms with Crippen molar-refractivity contribution in [3.8, 4) is 0 Å². The SMILES string of the molecule is Cc1cc(Br)cc2c1N([C@H]1CCC[C@@H]1O)C(=O)C2=O. The van der Waals surface area contributed by atoms with Crippen LogP contribution in [0.15, 0.2) is 16.6 Å². The van der Waals surface area contributed by atoms with Crippen molar-refractivity contribution in [1.82, 2.24) is 0 Å². The first-order chi connectivity index (χ1) is 9.00. The molecule has 1 aliphatic heterocycles. The average molecular weight is 324 g/mol. The molecular weight excluding hydrogens is 310 g/mol. The molecule has 5 heteroatoms. The van der Waals surface area contributed by atoms with E-state index in [1.165, 1.54) is 4.90 Å². The van der Waals surface area contributed by atoms with E-state index in [-0.39, 0.29) is 6.04 Å². The summed E-state index contributed by atoms with van der Waals surface area (Å²) in [5, 5.41) is 10.0. The minimum absolute atomic E-state index is 0.266. The fraction of sp³-hybridized carbons (Fsp3) is 0.429. The van der Waals surface area contributed by atoms with Crippen molar-refractivity contribution in [2.24, 2.45) is 0 Å². The number of rotatable bonds is 1. The standard InChI is InChI=1S/C14H14BrNO3/c1-7-5-8(15)6-9-12(7)16(14(19)13(9)18)10-3-2-4-11(10)17/h5-6,10-11,17H,2-4H2,1H3/t10-,11-/m0/s1. The van der Waals surface area contributed by atoms with E-state index in [4.69, 9.17) is 0 Å². The molecule has 3 rings (SSSR count). The lowest BCUT2D eigenvalue weighted by molar-refractivity contribution is -0.115. The van der Waals surface area contributed by atoms with Gasteiger partial charge in [-0.2, -0.15) is 0 Å². The van der Waals surface area contributed by atoms with Gasteiger partial charge in [-0.3, -0.25) is 14.5 Å². The summed E-state index contributed by atoms with van der Waals surface area (Å²) in [6.45, 7) is 1.88. The van der Waals surface area contributed by atoms with Crippen LogP contribution >= 0.6 is 15.9 Å². The molecule has 100 valence electrons. The van der Waals surface area contributed by atoms with Crippen LogP contribution in [-0.4, -0.2) is 28.9 Å². The van der Waals surface area contributed by atoms with E-state index in [9.17, 15) is 14.7 Å². The number of halogens is 1. The normalized spacial score (nSPS) is 26.2. The number of Topliss-reactive ketones (excluding diaryl/α,β-unsaturated/α-hetero) is 1. The highest BCUT2D eigenvalue weighted by Crippen LogP contribution is 2.39. The number of hydrogen-bond acceptors (Lipinski definition) is 3. The third kappa shape index (κ3) is 1.83. The first kappa shape index (κ1) is 12.8. The summed E-state index contributed by atoms with van der Waals surface area (Å²) in [6, 6.07) is 3.31. The first-order valence-electron chi connectivity index (χ1n) is 6.37. The molecule has 1 aromatic rings. The Hall–Kier alpha value is -1.20. The van der Waals surface area contributed by atoms with Crippen LogP contribution in [0.2, 0.25) is 0 Å². The number of hydrogen-bond donors (Lipinski definition) is 1. The molecule has 1 fully saturated rings. The highest BCUT2D eigenvalue weighted by molar-refractivity contribution is 9.10. The van der Waals surface area contributed by atoms with E-state index >= 15 is 0 Å². The van der Waals surface area contributed by atoms with Gasteiger partial charge in [0.15, 0.2) is 0 Å². The van der Waals surface area contributed by atoms with Gasteiger partial charge in [0.05, 0.1) is 23.4 Å². The zero-order chi connectivity index (χ0) is 13.7. The van der Waals surface area contributed by atoms with E-state index in [2.05, 4.69) is 15.9 Å². The maximum Gasteiger partial charge on any atom is 0.299 e. The molecule has 0 bridgehead atoms. The summed E-state index contributed by atoms with van der Waals surface area (Å²) in [6.07, 6.45) is 1.78. The van der Waals surface area contributed by atoms with Gasteiger partial charge in [0.25, 0.3) is 11.7 Å². The zero-order valence-electron chi connectivity index (χ0n) is 10.5. The molecule has 1 saturated carbocycles. The lowest BCUT2D eigenvalue weighted by Crippen LogP contribution is -2.44. The molecule has 0 saturated heterocycles. The lowest BCUT2D eigenvalue weighted by atomic mass is 10.1. The summed E-state index contributed by atoms with van der Waals surface area (Å²) in [4.78, 5) is 25.8. The molecule has 1 heterocycles. The quantitative estimate of drug-likeness (QED) is 0.806. The van der Waals surface area contributed by atoms with E-state index in [0.29, 0.717) is 17.7 Å². The Balaban J connectivity index is 2.14. The summed E-state index contributed by atoms with van der Waals surface area (Å²) in [7, 11) is 0. The van der Waals surface area contributed by atoms with Crippen molar-refractivity contribution < 1.29 is 14.7 Å². The van der Waals surface area contributed by atoms with Gasteiger partial charge >= 0.3 is 0 Å². The third-order valence-corrected chi connectivity index (χ3v) is 4.40. The largest absolute Gasteiger partial charge is 0.391 e. The number of ketones is 1. The third-order valence-electron chi connectivity index (χ3n) is 3.94. The van der Waals surface area contributed by atoms with Gasteiger partial charge in [-0.05, 0) is 43.9 Å². The van der Waals surface area contributed by atoms with Crippen molar-refractivity contribution in [3.05, 3.63) is 27.7 Å². The van der Waals surface area contributed by atoms with Gasteiger partial charge in [-0.25, -0.2) is 0 Å². The van der Waals surface area contributed by atoms with Crippen LogP contribution in [0.25, 0.3) is 0 Å². The number of carbonyl (C=O) groups excluding carboxylic acids is 2. The Bertz CT molecular complexity index is 584. The van der Waals surface area contributed by atoms with Gasteiger partial charge in [-0.1, -0.05) is 15.9 Å². The Kier molecular flexibility index (Phi) is 2.98. The maximum atomic E-state index is 12.2. The van der Waals surface area contributed by atoms with Crippen LogP contribution < -0.4 is 4.90 Å². The molecule has 1 aromatic carbocycles. The number of nitrogens with zero attached hydrogens (tertiary/aromatic N) is 1. The lowest BCUT2D eigenvalue weighted by Gasteiger charge is -2.28. The van der Waals surface area contributed by atoms with Crippen molar-refractivity contribution in [1.29, 1.82) is 0 Å². The molecule has 2 aliphatic rings. The smallest absolute Gasteiger partial charge is 0.299 e. The van der Waals surface area contributed by atoms with Crippen molar-refractivity contribution >= 4 is 33.3 Å². The van der Waals surface area contributed by atoms with Gasteiger partial charge in [0.2, 0.25) is 0 Å². The average Bonchev–Trinajstić information content (AvgIpc) is 2.85. The monoisotopic (exact) mass is 323 g/mol. The van der Waals surface area contributed by atoms with Crippen LogP contribution in [-0.2, 0) is 4.79 Å². The van der Waals surface area contributed by atoms with E-state index < -0.39 is 17.8 Å². The van der Waals surface area contributed by atoms with E-state index in [0.717, 1.165) is 22.9 Å². The molecule has 1 amide bonds. The molecular formula is C14H14BrNO3. The van der Waals surface area contributed by atoms with Crippen LogP contribution in [0.1, 0.15) is 35.2 Å². The Labute approximate surface area is 119 Å². The van der Waals surface area contributed by atoms with E-state index in [1.54, 1.807) is 6.07 Å². The molecule has 0 aromatic heterocycles. The van der Waals surface area contributed by atoms with Crippen LogP contribution in [0.5, 0.6) is 0 Å². The molecule has 0 radical (unpaired) electrons. The molecule has 1 N–H and O–H groups in total. The molecule has 0 spiro atoms. The number of aliphatic hydroxyl groups excluding tert-OH is 1. The molecule has 1 aliphatic carbocycles. The fourth-order valence-corrected chi connectivity index (χ4v) is 3.67. The number of aliphatic hydroxyl groups is 1. The van der Waals surface area contributed by atoms with Gasteiger partial charge in [0.1, 0.15) is 0 Å². The number of aryl methyl sites for hydroxylation is 1. The topological polar surface area (TPSA) is 57.6 Å². The number of benzene rings is 1. The van der Waals surface area contributed by atoms with E-state index in [1.807, 2.05) is 13.0 Å². The highest BCUT2D eigenvalue weighted by Gasteiger charge is 2.44. The fourth-order valence-electron chi connectivity index (χ4n) is 3.09. The summed E-state index contributed by atoms with van der Waals surface area (Å²) in [5.41, 5.74) is 1.99. The predicted octanol–water partition coefficient (Wildman–Crippen LogP) is 2.20. The van der Waals surface area contributed by atoms with Gasteiger partial charge in [-0.15, -0.1) is 0 Å². The van der Waals surface area contributed by atoms with Crippen molar-refractivity contribution in [2.75, 3.05) is 4.90 Å². The predicted molar refractivity (Wildman–Crippen MR) is 74.3 cm³/mol. The summed E-state index contributed by atoms with van der Waals surface area (Å²) < 4.78 is 0.790. The number of carbonyl (C=O) groups is 2. The van der Waals surface area contributed by atoms with Crippen molar-refractivity contribution in [2.45, 2.75) is 38.3 Å². The van der Waals surface area contributed by atoms with Crippen LogP contribution in [0.3, 0.4) is 0 Å². The Morgan fingerprint density at radius 3 is 2.68 bits per heavy atom. The molecule has 0 unspecified atom stereocenters. The molecule has 4 nitrogen and oxygen atoms in total. The van der Waals surface area contributed by atoms with Crippen LogP contribution in [0, 0.1) is 6.92 Å². The number of anilines is 1. The highest BCUT2D eigenvalue weighted by atomic mass is 79.9. The second kappa shape index (κ2) is 4.42. The minimum Gasteiger partial charge on any atom is -0.391 e. The Morgan fingerprint density at radius 1 is 1.32 bits per heavy atom. The first-order valence-corrected chi connectivity index (χ1v) is 7.16. The second-order valence-corrected chi connectivity index (χ2v) is 6.10. The Morgan fingerprint density at radius 2 is 2.05 bits per heavy atom. The molecule has 2 atom stereocenters. The minimum atomic E-state index is -0.536. The second-order valence-electron chi connectivity index (χ2n) is 5.19. The van der Waals surface area contributed by atoms with Crippen LogP contribution in [0.4, 0.5) is 5.69 Å². The maximum absolute atomic E-state index is 12.2. The number of fused-ring (bicyclic) bond motifs is 1. The van der Waals surface area contributed by atoms with Gasteiger partial charge in [0, 0.05) is 4.47 Å². The van der Waals surface area contributed by atoms with Gasteiger partial charge < -0.3 is 5.11 Å². The van der Waals surface area contributed by atoms with Crippen molar-refractivity contribution in [3.63, 3.8) is 0 Å². The summed E-state index contributed by atoms with van der Waals surface area (Å²) >= 11 is 3.35. The molecule has 19 heavy (non-hydrogen) atoms.